The predicted octanol–water partition coefficient (Wildman–Crippen LogP) is 0.790. The fraction of sp³-hybridized carbons (Fsp3) is 0.818. The number of piperidine rings is 1. The quantitative estimate of drug-likeness (QED) is 0.508. The zero-order valence-corrected chi connectivity index (χ0v) is 11.1. The molecule has 0 spiro atoms. The minimum absolute atomic E-state index is 0.0782. The van der Waals surface area contributed by atoms with Crippen molar-refractivity contribution in [3.8, 4) is 0 Å². The van der Waals surface area contributed by atoms with Gasteiger partial charge in [0.1, 0.15) is 10.2 Å². The van der Waals surface area contributed by atoms with E-state index in [-0.39, 0.29) is 11.3 Å². The van der Waals surface area contributed by atoms with Crippen LogP contribution in [0.4, 0.5) is 0 Å². The van der Waals surface area contributed by atoms with Gasteiger partial charge in [-0.15, -0.1) is 0 Å². The second-order valence-corrected chi connectivity index (χ2v) is 6.96. The number of allylic oxidation sites excluding steroid dienone is 1. The lowest BCUT2D eigenvalue weighted by Crippen LogP contribution is -2.39. The number of thiol groups is 1. The molecule has 16 heavy (non-hydrogen) atoms. The molecule has 1 aliphatic heterocycles. The molecule has 1 fully saturated rings. The molecule has 0 saturated carbocycles. The number of hydrogen-bond acceptors (Lipinski definition) is 4. The van der Waals surface area contributed by atoms with Crippen LogP contribution >= 0.6 is 12.6 Å². The molecule has 3 atom stereocenters. The van der Waals surface area contributed by atoms with Crippen molar-refractivity contribution < 1.29 is 4.55 Å². The van der Waals surface area contributed by atoms with E-state index in [9.17, 15) is 4.55 Å². The van der Waals surface area contributed by atoms with Gasteiger partial charge in [-0.05, 0) is 36.8 Å². The van der Waals surface area contributed by atoms with Gasteiger partial charge >= 0.3 is 0 Å². The van der Waals surface area contributed by atoms with Crippen molar-refractivity contribution >= 4 is 23.8 Å². The Labute approximate surface area is 106 Å². The molecule has 0 aromatic heterocycles. The van der Waals surface area contributed by atoms with Gasteiger partial charge in [0.2, 0.25) is 0 Å². The van der Waals surface area contributed by atoms with Gasteiger partial charge < -0.3 is 15.6 Å². The largest absolute Gasteiger partial charge is 0.611 e. The van der Waals surface area contributed by atoms with Gasteiger partial charge in [0.05, 0.1) is 0 Å². The van der Waals surface area contributed by atoms with E-state index in [2.05, 4.69) is 17.9 Å². The molecule has 0 amide bonds. The normalized spacial score (nSPS) is 34.6. The summed E-state index contributed by atoms with van der Waals surface area (Å²) in [5, 5.41) is 3.71. The summed E-state index contributed by atoms with van der Waals surface area (Å²) in [7, 11) is 0. The molecule has 1 aliphatic carbocycles. The molecule has 1 saturated heterocycles. The maximum Gasteiger partial charge on any atom is 0.127 e. The Morgan fingerprint density at radius 3 is 2.69 bits per heavy atom. The molecular weight excluding hydrogens is 240 g/mol. The average molecular weight is 260 g/mol. The standard InChI is InChI=1S/C11H20N2OS2/c12-10-2-1-9(7-11(10)15)16(14)8-3-5-13-6-4-8/h7-8,10-11,13,15H,1-6,12H2. The third-order valence-electron chi connectivity index (χ3n) is 3.37. The van der Waals surface area contributed by atoms with Crippen molar-refractivity contribution in [2.45, 2.75) is 42.2 Å². The third kappa shape index (κ3) is 2.96. The highest BCUT2D eigenvalue weighted by atomic mass is 32.2. The minimum atomic E-state index is -0.812. The molecule has 3 N–H and O–H groups in total. The number of nitrogens with one attached hydrogen (secondary N) is 1. The first kappa shape index (κ1) is 12.8. The van der Waals surface area contributed by atoms with Gasteiger partial charge in [0, 0.05) is 30.6 Å². The van der Waals surface area contributed by atoms with E-state index in [0.29, 0.717) is 5.25 Å². The summed E-state index contributed by atoms with van der Waals surface area (Å²) in [6, 6.07) is 0.122. The first-order chi connectivity index (χ1) is 7.68. The summed E-state index contributed by atoms with van der Waals surface area (Å²) in [4.78, 5) is 1.08. The second-order valence-electron chi connectivity index (χ2n) is 4.57. The highest BCUT2D eigenvalue weighted by Crippen LogP contribution is 2.29. The first-order valence-corrected chi connectivity index (χ1v) is 7.67. The monoisotopic (exact) mass is 260 g/mol. The van der Waals surface area contributed by atoms with Crippen LogP contribution < -0.4 is 11.1 Å². The maximum atomic E-state index is 12.3. The molecule has 92 valence electrons. The molecule has 2 rings (SSSR count). The summed E-state index contributed by atoms with van der Waals surface area (Å²) >= 11 is 3.61. The lowest BCUT2D eigenvalue weighted by Gasteiger charge is -2.30. The Morgan fingerprint density at radius 1 is 1.38 bits per heavy atom. The van der Waals surface area contributed by atoms with Crippen molar-refractivity contribution in [3.05, 3.63) is 11.0 Å². The molecule has 5 heteroatoms. The summed E-state index contributed by atoms with van der Waals surface area (Å²) in [5.41, 5.74) is 5.89. The Morgan fingerprint density at radius 2 is 2.06 bits per heavy atom. The molecule has 1 heterocycles. The van der Waals surface area contributed by atoms with Crippen LogP contribution in [-0.4, -0.2) is 34.2 Å². The summed E-state index contributed by atoms with van der Waals surface area (Å²) in [6.07, 6.45) is 5.86. The van der Waals surface area contributed by atoms with Crippen LogP contribution in [-0.2, 0) is 11.2 Å². The lowest BCUT2D eigenvalue weighted by atomic mass is 10.0. The van der Waals surface area contributed by atoms with Gasteiger partial charge in [-0.1, -0.05) is 0 Å². The Hall–Kier alpha value is 0.320. The van der Waals surface area contributed by atoms with E-state index in [0.717, 1.165) is 43.7 Å². The second kappa shape index (κ2) is 5.78. The van der Waals surface area contributed by atoms with E-state index in [4.69, 9.17) is 5.73 Å². The Kier molecular flexibility index (Phi) is 4.61. The zero-order valence-electron chi connectivity index (χ0n) is 9.39. The molecule has 0 bridgehead atoms. The van der Waals surface area contributed by atoms with Gasteiger partial charge in [0.15, 0.2) is 0 Å². The number of nitrogens with two attached hydrogens (primary N) is 1. The third-order valence-corrected chi connectivity index (χ3v) is 5.83. The van der Waals surface area contributed by atoms with E-state index >= 15 is 0 Å². The van der Waals surface area contributed by atoms with Crippen LogP contribution in [0.2, 0.25) is 0 Å². The molecule has 0 radical (unpaired) electrons. The maximum absolute atomic E-state index is 12.3. The van der Waals surface area contributed by atoms with Crippen molar-refractivity contribution in [2.75, 3.05) is 13.1 Å². The molecule has 0 aromatic carbocycles. The number of rotatable bonds is 2. The van der Waals surface area contributed by atoms with Crippen molar-refractivity contribution in [1.82, 2.24) is 5.32 Å². The fourth-order valence-electron chi connectivity index (χ4n) is 2.27. The predicted molar refractivity (Wildman–Crippen MR) is 72.1 cm³/mol. The Balaban J connectivity index is 1.98. The smallest absolute Gasteiger partial charge is 0.127 e. The molecule has 2 aliphatic rings. The topological polar surface area (TPSA) is 61.1 Å². The van der Waals surface area contributed by atoms with Crippen LogP contribution in [0.15, 0.2) is 11.0 Å². The minimum Gasteiger partial charge on any atom is -0.611 e. The first-order valence-electron chi connectivity index (χ1n) is 5.94. The van der Waals surface area contributed by atoms with Crippen LogP contribution in [0, 0.1) is 0 Å². The van der Waals surface area contributed by atoms with Crippen LogP contribution in [0.25, 0.3) is 0 Å². The van der Waals surface area contributed by atoms with E-state index in [1.807, 2.05) is 6.08 Å². The molecule has 3 unspecified atom stereocenters. The number of hydrogen-bond donors (Lipinski definition) is 3. The summed E-state index contributed by atoms with van der Waals surface area (Å²) in [5.74, 6) is 0. The van der Waals surface area contributed by atoms with Crippen molar-refractivity contribution in [3.63, 3.8) is 0 Å². The molecule has 0 aromatic rings. The van der Waals surface area contributed by atoms with E-state index in [1.165, 1.54) is 0 Å². The van der Waals surface area contributed by atoms with Crippen molar-refractivity contribution in [2.24, 2.45) is 5.73 Å². The SMILES string of the molecule is NC1CCC([S+]([O-])C2CCNCC2)=CC1S. The average Bonchev–Trinajstić information content (AvgIpc) is 2.33. The van der Waals surface area contributed by atoms with E-state index in [1.54, 1.807) is 0 Å². The van der Waals surface area contributed by atoms with Gasteiger partial charge in [0.25, 0.3) is 0 Å². The lowest BCUT2D eigenvalue weighted by molar-refractivity contribution is 0.496. The van der Waals surface area contributed by atoms with E-state index < -0.39 is 11.2 Å². The van der Waals surface area contributed by atoms with Gasteiger partial charge in [-0.3, -0.25) is 0 Å². The van der Waals surface area contributed by atoms with Crippen LogP contribution in [0.1, 0.15) is 25.7 Å². The van der Waals surface area contributed by atoms with Gasteiger partial charge in [-0.25, -0.2) is 0 Å². The van der Waals surface area contributed by atoms with Crippen LogP contribution in [0.3, 0.4) is 0 Å². The zero-order chi connectivity index (χ0) is 11.5. The Bertz CT molecular complexity index is 267. The highest BCUT2D eigenvalue weighted by molar-refractivity contribution is 7.95. The fourth-order valence-corrected chi connectivity index (χ4v) is 4.39. The molecular formula is C11H20N2OS2. The van der Waals surface area contributed by atoms with Crippen LogP contribution in [0.5, 0.6) is 0 Å². The highest BCUT2D eigenvalue weighted by Gasteiger charge is 2.31. The molecule has 3 nitrogen and oxygen atoms in total. The van der Waals surface area contributed by atoms with Gasteiger partial charge in [-0.2, -0.15) is 12.6 Å². The summed E-state index contributed by atoms with van der Waals surface area (Å²) < 4.78 is 12.3. The van der Waals surface area contributed by atoms with Crippen molar-refractivity contribution in [1.29, 1.82) is 0 Å². The summed E-state index contributed by atoms with van der Waals surface area (Å²) in [6.45, 7) is 1.99.